The number of ether oxygens (including phenoxy) is 2. The highest BCUT2D eigenvalue weighted by molar-refractivity contribution is 5.78. The largest absolute Gasteiger partial charge is 0.493 e. The van der Waals surface area contributed by atoms with Gasteiger partial charge in [-0.05, 0) is 35.4 Å². The van der Waals surface area contributed by atoms with Crippen LogP contribution in [0.25, 0.3) is 0 Å². The predicted molar refractivity (Wildman–Crippen MR) is 101 cm³/mol. The number of nitrogens with one attached hydrogen (secondary N) is 1. The van der Waals surface area contributed by atoms with Gasteiger partial charge < -0.3 is 14.8 Å². The van der Waals surface area contributed by atoms with Crippen molar-refractivity contribution < 1.29 is 18.7 Å². The maximum Gasteiger partial charge on any atom is 0.258 e. The monoisotopic (exact) mass is 365 g/mol. The van der Waals surface area contributed by atoms with Crippen LogP contribution in [-0.4, -0.2) is 19.6 Å². The Bertz CT molecular complexity index is 882. The molecule has 5 heteroatoms. The molecule has 0 fully saturated rings. The number of hydrogen-bond acceptors (Lipinski definition) is 3. The number of hydrogen-bond donors (Lipinski definition) is 1. The molecule has 0 bridgehead atoms. The molecule has 0 aromatic heterocycles. The van der Waals surface area contributed by atoms with Gasteiger partial charge in [0.25, 0.3) is 5.91 Å². The van der Waals surface area contributed by atoms with Gasteiger partial charge in [0, 0.05) is 0 Å². The Kier molecular flexibility index (Phi) is 6.05. The van der Waals surface area contributed by atoms with Crippen LogP contribution >= 0.6 is 0 Å². The molecule has 0 aliphatic heterocycles. The SMILES string of the molecule is COc1ccccc1OCC(=O)NC(c1ccccc1)c1ccc(F)cc1. The summed E-state index contributed by atoms with van der Waals surface area (Å²) in [6.45, 7) is -0.162. The average molecular weight is 365 g/mol. The Morgan fingerprint density at radius 1 is 0.889 bits per heavy atom. The quantitative estimate of drug-likeness (QED) is 0.685. The van der Waals surface area contributed by atoms with Crippen LogP contribution in [0.15, 0.2) is 78.9 Å². The fourth-order valence-corrected chi connectivity index (χ4v) is 2.74. The van der Waals surface area contributed by atoms with E-state index in [0.29, 0.717) is 11.5 Å². The van der Waals surface area contributed by atoms with E-state index in [1.165, 1.54) is 12.1 Å². The van der Waals surface area contributed by atoms with E-state index in [4.69, 9.17) is 9.47 Å². The number of carbonyl (C=O) groups excluding carboxylic acids is 1. The second-order valence-corrected chi connectivity index (χ2v) is 5.90. The van der Waals surface area contributed by atoms with Crippen molar-refractivity contribution in [1.82, 2.24) is 5.32 Å². The van der Waals surface area contributed by atoms with E-state index < -0.39 is 6.04 Å². The number of para-hydroxylation sites is 2. The minimum Gasteiger partial charge on any atom is -0.493 e. The maximum absolute atomic E-state index is 13.3. The molecule has 138 valence electrons. The van der Waals surface area contributed by atoms with E-state index in [-0.39, 0.29) is 18.3 Å². The highest BCUT2D eigenvalue weighted by Crippen LogP contribution is 2.26. The number of methoxy groups -OCH3 is 1. The molecule has 3 aromatic carbocycles. The van der Waals surface area contributed by atoms with Crippen LogP contribution in [0.3, 0.4) is 0 Å². The summed E-state index contributed by atoms with van der Waals surface area (Å²) in [6.07, 6.45) is 0. The molecule has 1 N–H and O–H groups in total. The lowest BCUT2D eigenvalue weighted by Crippen LogP contribution is -2.33. The molecule has 0 heterocycles. The second kappa shape index (κ2) is 8.85. The summed E-state index contributed by atoms with van der Waals surface area (Å²) in [5, 5.41) is 2.95. The van der Waals surface area contributed by atoms with Crippen molar-refractivity contribution in [2.24, 2.45) is 0 Å². The fraction of sp³-hybridized carbons (Fsp3) is 0.136. The molecule has 0 aliphatic carbocycles. The summed E-state index contributed by atoms with van der Waals surface area (Å²) in [6, 6.07) is 22.3. The summed E-state index contributed by atoms with van der Waals surface area (Å²) >= 11 is 0. The highest BCUT2D eigenvalue weighted by atomic mass is 19.1. The van der Waals surface area contributed by atoms with Crippen LogP contribution in [0.1, 0.15) is 17.2 Å². The molecule has 0 spiro atoms. The lowest BCUT2D eigenvalue weighted by molar-refractivity contribution is -0.123. The van der Waals surface area contributed by atoms with Crippen molar-refractivity contribution in [3.8, 4) is 11.5 Å². The molecule has 0 radical (unpaired) electrons. The Hall–Kier alpha value is -3.34. The number of halogens is 1. The topological polar surface area (TPSA) is 47.6 Å². The molecule has 27 heavy (non-hydrogen) atoms. The van der Waals surface area contributed by atoms with Gasteiger partial charge in [0.1, 0.15) is 5.82 Å². The molecule has 3 aromatic rings. The third-order valence-electron chi connectivity index (χ3n) is 4.07. The van der Waals surface area contributed by atoms with Crippen LogP contribution in [0.4, 0.5) is 4.39 Å². The normalized spacial score (nSPS) is 11.5. The van der Waals surface area contributed by atoms with Crippen molar-refractivity contribution in [2.45, 2.75) is 6.04 Å². The van der Waals surface area contributed by atoms with Gasteiger partial charge in [-0.1, -0.05) is 54.6 Å². The first-order valence-electron chi connectivity index (χ1n) is 8.53. The standard InChI is InChI=1S/C22H20FNO3/c1-26-19-9-5-6-10-20(19)27-15-21(25)24-22(16-7-3-2-4-8-16)17-11-13-18(23)14-12-17/h2-14,22H,15H2,1H3,(H,24,25). The Balaban J connectivity index is 1.74. The van der Waals surface area contributed by atoms with Gasteiger partial charge >= 0.3 is 0 Å². The van der Waals surface area contributed by atoms with Gasteiger partial charge in [-0.2, -0.15) is 0 Å². The van der Waals surface area contributed by atoms with Crippen molar-refractivity contribution in [3.05, 3.63) is 95.8 Å². The molecule has 0 saturated carbocycles. The molecule has 4 nitrogen and oxygen atoms in total. The molecular formula is C22H20FNO3. The van der Waals surface area contributed by atoms with Crippen molar-refractivity contribution >= 4 is 5.91 Å². The first-order chi connectivity index (χ1) is 13.2. The Morgan fingerprint density at radius 2 is 1.48 bits per heavy atom. The zero-order valence-electron chi connectivity index (χ0n) is 14.9. The molecule has 0 saturated heterocycles. The smallest absolute Gasteiger partial charge is 0.258 e. The summed E-state index contributed by atoms with van der Waals surface area (Å²) in [5.41, 5.74) is 1.68. The van der Waals surface area contributed by atoms with Crippen molar-refractivity contribution in [2.75, 3.05) is 13.7 Å². The molecule has 3 rings (SSSR count). The lowest BCUT2D eigenvalue weighted by Gasteiger charge is -2.20. The summed E-state index contributed by atoms with van der Waals surface area (Å²) < 4.78 is 24.1. The van der Waals surface area contributed by atoms with E-state index in [1.54, 1.807) is 37.4 Å². The van der Waals surface area contributed by atoms with E-state index >= 15 is 0 Å². The fourth-order valence-electron chi connectivity index (χ4n) is 2.74. The van der Waals surface area contributed by atoms with Gasteiger partial charge in [-0.15, -0.1) is 0 Å². The van der Waals surface area contributed by atoms with Gasteiger partial charge in [0.2, 0.25) is 0 Å². The lowest BCUT2D eigenvalue weighted by atomic mass is 9.98. The first-order valence-corrected chi connectivity index (χ1v) is 8.53. The molecular weight excluding hydrogens is 345 g/mol. The van der Waals surface area contributed by atoms with Gasteiger partial charge in [0.15, 0.2) is 18.1 Å². The van der Waals surface area contributed by atoms with Crippen LogP contribution in [0.2, 0.25) is 0 Å². The Morgan fingerprint density at radius 3 is 2.15 bits per heavy atom. The molecule has 1 amide bonds. The zero-order chi connectivity index (χ0) is 19.1. The summed E-state index contributed by atoms with van der Waals surface area (Å²) in [5.74, 6) is 0.437. The minimum atomic E-state index is -0.402. The van der Waals surface area contributed by atoms with Gasteiger partial charge in [-0.3, -0.25) is 4.79 Å². The van der Waals surface area contributed by atoms with Crippen molar-refractivity contribution in [3.63, 3.8) is 0 Å². The zero-order valence-corrected chi connectivity index (χ0v) is 14.9. The van der Waals surface area contributed by atoms with E-state index in [0.717, 1.165) is 11.1 Å². The van der Waals surface area contributed by atoms with Gasteiger partial charge in [0.05, 0.1) is 13.2 Å². The summed E-state index contributed by atoms with van der Waals surface area (Å²) in [7, 11) is 1.54. The summed E-state index contributed by atoms with van der Waals surface area (Å²) in [4.78, 5) is 12.5. The van der Waals surface area contributed by atoms with E-state index in [2.05, 4.69) is 5.32 Å². The number of rotatable bonds is 7. The van der Waals surface area contributed by atoms with Crippen LogP contribution in [-0.2, 0) is 4.79 Å². The number of carbonyl (C=O) groups is 1. The number of amides is 1. The van der Waals surface area contributed by atoms with Crippen LogP contribution < -0.4 is 14.8 Å². The number of benzene rings is 3. The maximum atomic E-state index is 13.3. The third kappa shape index (κ3) is 4.85. The minimum absolute atomic E-state index is 0.162. The van der Waals surface area contributed by atoms with E-state index in [9.17, 15) is 9.18 Å². The second-order valence-electron chi connectivity index (χ2n) is 5.90. The van der Waals surface area contributed by atoms with Gasteiger partial charge in [-0.25, -0.2) is 4.39 Å². The van der Waals surface area contributed by atoms with E-state index in [1.807, 2.05) is 36.4 Å². The molecule has 1 atom stereocenters. The Labute approximate surface area is 157 Å². The van der Waals surface area contributed by atoms with Crippen LogP contribution in [0.5, 0.6) is 11.5 Å². The first kappa shape index (κ1) is 18.5. The van der Waals surface area contributed by atoms with Crippen molar-refractivity contribution in [1.29, 1.82) is 0 Å². The van der Waals surface area contributed by atoms with Crippen LogP contribution in [0, 0.1) is 5.82 Å². The molecule has 0 aliphatic rings. The molecule has 1 unspecified atom stereocenters. The predicted octanol–water partition coefficient (Wildman–Crippen LogP) is 4.12. The highest BCUT2D eigenvalue weighted by Gasteiger charge is 2.17. The third-order valence-corrected chi connectivity index (χ3v) is 4.07. The average Bonchev–Trinajstić information content (AvgIpc) is 2.72.